The molecule has 0 unspecified atom stereocenters. The molecule has 0 fully saturated rings. The second-order valence-electron chi connectivity index (χ2n) is 3.46. The number of para-hydroxylation sites is 1. The Kier molecular flexibility index (Phi) is 3.61. The topological polar surface area (TPSA) is 12.0 Å². The zero-order valence-corrected chi connectivity index (χ0v) is 11.2. The van der Waals surface area contributed by atoms with Crippen molar-refractivity contribution in [3.05, 3.63) is 50.4 Å². The van der Waals surface area contributed by atoms with E-state index in [0.717, 1.165) is 4.47 Å². The molecule has 0 radical (unpaired) electrons. The minimum atomic E-state index is -0.234. The van der Waals surface area contributed by atoms with E-state index in [9.17, 15) is 4.39 Å². The van der Waals surface area contributed by atoms with Gasteiger partial charge in [-0.3, -0.25) is 0 Å². The van der Waals surface area contributed by atoms with Gasteiger partial charge in [0.05, 0.1) is 5.69 Å². The van der Waals surface area contributed by atoms with Crippen LogP contribution in [0.2, 0.25) is 0 Å². The fourth-order valence-corrected chi connectivity index (χ4v) is 2.73. The van der Waals surface area contributed by atoms with Crippen molar-refractivity contribution >= 4 is 33.0 Å². The fourth-order valence-electron chi connectivity index (χ4n) is 1.42. The lowest BCUT2D eigenvalue weighted by Gasteiger charge is -2.08. The lowest BCUT2D eigenvalue weighted by molar-refractivity contribution is 0.629. The van der Waals surface area contributed by atoms with E-state index in [1.54, 1.807) is 17.4 Å². The third kappa shape index (κ3) is 2.62. The Morgan fingerprint density at radius 1 is 1.31 bits per heavy atom. The predicted molar refractivity (Wildman–Crippen MR) is 70.5 cm³/mol. The molecule has 0 saturated carbocycles. The van der Waals surface area contributed by atoms with Crippen LogP contribution in [0.5, 0.6) is 0 Å². The van der Waals surface area contributed by atoms with E-state index in [4.69, 9.17) is 0 Å². The highest BCUT2D eigenvalue weighted by atomic mass is 79.9. The summed E-state index contributed by atoms with van der Waals surface area (Å²) in [5, 5.41) is 3.10. The first kappa shape index (κ1) is 11.6. The highest BCUT2D eigenvalue weighted by Crippen LogP contribution is 2.26. The maximum absolute atomic E-state index is 13.5. The molecule has 4 heteroatoms. The lowest BCUT2D eigenvalue weighted by atomic mass is 10.3. The van der Waals surface area contributed by atoms with Gasteiger partial charge in [0.2, 0.25) is 0 Å². The van der Waals surface area contributed by atoms with Gasteiger partial charge in [0.25, 0.3) is 0 Å². The molecule has 1 heterocycles. The van der Waals surface area contributed by atoms with Gasteiger partial charge >= 0.3 is 0 Å². The highest BCUT2D eigenvalue weighted by molar-refractivity contribution is 9.10. The summed E-state index contributed by atoms with van der Waals surface area (Å²) in [6, 6.07) is 9.08. The van der Waals surface area contributed by atoms with Gasteiger partial charge in [-0.1, -0.05) is 6.07 Å². The second-order valence-corrected chi connectivity index (χ2v) is 5.69. The van der Waals surface area contributed by atoms with Crippen LogP contribution < -0.4 is 5.32 Å². The molecule has 0 atom stereocenters. The third-order valence-electron chi connectivity index (χ3n) is 2.20. The Hall–Kier alpha value is -0.870. The van der Waals surface area contributed by atoms with E-state index in [-0.39, 0.29) is 5.82 Å². The summed E-state index contributed by atoms with van der Waals surface area (Å²) < 4.78 is 14.2. The van der Waals surface area contributed by atoms with Gasteiger partial charge in [0.15, 0.2) is 0 Å². The maximum Gasteiger partial charge on any atom is 0.147 e. The average molecular weight is 300 g/mol. The molecule has 0 aliphatic heterocycles. The summed E-state index contributed by atoms with van der Waals surface area (Å²) in [5.74, 6) is -0.234. The number of hydrogen-bond acceptors (Lipinski definition) is 2. The molecule has 0 aliphatic rings. The van der Waals surface area contributed by atoms with E-state index in [1.807, 2.05) is 6.07 Å². The van der Waals surface area contributed by atoms with Crippen LogP contribution in [0.25, 0.3) is 0 Å². The van der Waals surface area contributed by atoms with E-state index >= 15 is 0 Å². The van der Waals surface area contributed by atoms with Gasteiger partial charge in [0, 0.05) is 20.8 Å². The molecule has 0 spiro atoms. The number of thiophene rings is 1. The quantitative estimate of drug-likeness (QED) is 0.875. The van der Waals surface area contributed by atoms with Crippen molar-refractivity contribution in [2.24, 2.45) is 0 Å². The molecule has 1 N–H and O–H groups in total. The SMILES string of the molecule is Cc1ccc(CNc2c(F)cccc2Br)s1. The largest absolute Gasteiger partial charge is 0.377 e. The minimum absolute atomic E-state index is 0.234. The van der Waals surface area contributed by atoms with E-state index < -0.39 is 0 Å². The first-order valence-electron chi connectivity index (χ1n) is 4.90. The molecular weight excluding hydrogens is 289 g/mol. The van der Waals surface area contributed by atoms with Crippen LogP contribution in [0.15, 0.2) is 34.8 Å². The summed E-state index contributed by atoms with van der Waals surface area (Å²) >= 11 is 5.05. The Balaban J connectivity index is 2.10. The van der Waals surface area contributed by atoms with Crippen molar-refractivity contribution in [3.63, 3.8) is 0 Å². The molecule has 84 valence electrons. The van der Waals surface area contributed by atoms with Gasteiger partial charge in [-0.15, -0.1) is 11.3 Å². The molecule has 0 bridgehead atoms. The van der Waals surface area contributed by atoms with Crippen LogP contribution in [-0.2, 0) is 6.54 Å². The van der Waals surface area contributed by atoms with Crippen molar-refractivity contribution in [3.8, 4) is 0 Å². The third-order valence-corrected chi connectivity index (χ3v) is 3.86. The maximum atomic E-state index is 13.5. The number of anilines is 1. The smallest absolute Gasteiger partial charge is 0.147 e. The van der Waals surface area contributed by atoms with E-state index in [2.05, 4.69) is 40.3 Å². The Morgan fingerprint density at radius 3 is 2.75 bits per heavy atom. The zero-order valence-electron chi connectivity index (χ0n) is 8.76. The molecule has 1 aromatic carbocycles. The summed E-state index contributed by atoms with van der Waals surface area (Å²) in [7, 11) is 0. The summed E-state index contributed by atoms with van der Waals surface area (Å²) in [4.78, 5) is 2.47. The molecule has 0 amide bonds. The summed E-state index contributed by atoms with van der Waals surface area (Å²) in [6.07, 6.45) is 0. The van der Waals surface area contributed by atoms with Crippen LogP contribution in [-0.4, -0.2) is 0 Å². The number of benzene rings is 1. The number of aryl methyl sites for hydroxylation is 1. The molecule has 1 aromatic heterocycles. The molecular formula is C12H11BrFNS. The van der Waals surface area contributed by atoms with Crippen molar-refractivity contribution in [2.75, 3.05) is 5.32 Å². The molecule has 16 heavy (non-hydrogen) atoms. The van der Waals surface area contributed by atoms with Gasteiger partial charge in [-0.05, 0) is 47.1 Å². The highest BCUT2D eigenvalue weighted by Gasteiger charge is 2.06. The van der Waals surface area contributed by atoms with E-state index in [1.165, 1.54) is 15.8 Å². The van der Waals surface area contributed by atoms with E-state index in [0.29, 0.717) is 12.2 Å². The zero-order chi connectivity index (χ0) is 11.5. The molecule has 1 nitrogen and oxygen atoms in total. The normalized spacial score (nSPS) is 10.4. The summed E-state index contributed by atoms with van der Waals surface area (Å²) in [5.41, 5.74) is 0.522. The average Bonchev–Trinajstić information content (AvgIpc) is 2.63. The number of rotatable bonds is 3. The van der Waals surface area contributed by atoms with Crippen molar-refractivity contribution < 1.29 is 4.39 Å². The number of nitrogens with one attached hydrogen (secondary N) is 1. The molecule has 0 aliphatic carbocycles. The van der Waals surface area contributed by atoms with Crippen LogP contribution in [0.4, 0.5) is 10.1 Å². The Morgan fingerprint density at radius 2 is 2.12 bits per heavy atom. The first-order valence-corrected chi connectivity index (χ1v) is 6.51. The van der Waals surface area contributed by atoms with Crippen LogP contribution in [0.3, 0.4) is 0 Å². The lowest BCUT2D eigenvalue weighted by Crippen LogP contribution is -2.00. The Bertz CT molecular complexity index is 475. The van der Waals surface area contributed by atoms with Gasteiger partial charge < -0.3 is 5.32 Å². The molecule has 0 saturated heterocycles. The van der Waals surface area contributed by atoms with Gasteiger partial charge in [-0.25, -0.2) is 4.39 Å². The Labute approximate surface area is 106 Å². The van der Waals surface area contributed by atoms with Crippen molar-refractivity contribution in [1.82, 2.24) is 0 Å². The van der Waals surface area contributed by atoms with Gasteiger partial charge in [0.1, 0.15) is 5.82 Å². The summed E-state index contributed by atoms with van der Waals surface area (Å²) in [6.45, 7) is 2.71. The van der Waals surface area contributed by atoms with Crippen molar-refractivity contribution in [2.45, 2.75) is 13.5 Å². The molecule has 2 aromatic rings. The van der Waals surface area contributed by atoms with Crippen LogP contribution in [0.1, 0.15) is 9.75 Å². The minimum Gasteiger partial charge on any atom is -0.377 e. The monoisotopic (exact) mass is 299 g/mol. The van der Waals surface area contributed by atoms with Crippen LogP contribution >= 0.6 is 27.3 Å². The van der Waals surface area contributed by atoms with Gasteiger partial charge in [-0.2, -0.15) is 0 Å². The van der Waals surface area contributed by atoms with Crippen LogP contribution in [0, 0.1) is 12.7 Å². The molecule has 2 rings (SSSR count). The first-order chi connectivity index (χ1) is 7.66. The van der Waals surface area contributed by atoms with Crippen molar-refractivity contribution in [1.29, 1.82) is 0 Å². The predicted octanol–water partition coefficient (Wildman–Crippen LogP) is 4.57. The second kappa shape index (κ2) is 4.97. The number of halogens is 2. The standard InChI is InChI=1S/C12H11BrFNS/c1-8-5-6-9(16-8)7-15-12-10(13)3-2-4-11(12)14/h2-6,15H,7H2,1H3. The fraction of sp³-hybridized carbons (Fsp3) is 0.167. The number of hydrogen-bond donors (Lipinski definition) is 1.